The number of hydrogen-bond donors (Lipinski definition) is 2. The van der Waals surface area contributed by atoms with E-state index in [0.717, 1.165) is 10.6 Å². The third-order valence-corrected chi connectivity index (χ3v) is 4.07. The van der Waals surface area contributed by atoms with Gasteiger partial charge in [0.15, 0.2) is 0 Å². The van der Waals surface area contributed by atoms with Crippen molar-refractivity contribution in [1.29, 1.82) is 0 Å². The molecule has 1 amide bonds. The fourth-order valence-corrected chi connectivity index (χ4v) is 2.76. The Kier molecular flexibility index (Phi) is 4.08. The van der Waals surface area contributed by atoms with Crippen LogP contribution in [0, 0.1) is 0 Å². The Bertz CT molecular complexity index is 801. The number of aromatic nitrogens is 2. The van der Waals surface area contributed by atoms with Gasteiger partial charge in [-0.2, -0.15) is 4.98 Å². The van der Waals surface area contributed by atoms with Gasteiger partial charge in [0.2, 0.25) is 17.6 Å². The fraction of sp³-hybridized carbons (Fsp3) is 0.0714. The van der Waals surface area contributed by atoms with Crippen LogP contribution < -0.4 is 11.1 Å². The quantitative estimate of drug-likeness (QED) is 0.747. The van der Waals surface area contributed by atoms with E-state index in [1.807, 2.05) is 17.5 Å². The first-order chi connectivity index (χ1) is 10.6. The van der Waals surface area contributed by atoms with Gasteiger partial charge < -0.3 is 15.6 Å². The van der Waals surface area contributed by atoms with E-state index in [1.54, 1.807) is 29.5 Å². The zero-order valence-electron chi connectivity index (χ0n) is 11.2. The number of thiophene rings is 1. The predicted octanol–water partition coefficient (Wildman–Crippen LogP) is 3.16. The maximum Gasteiger partial charge on any atom is 0.250 e. The summed E-state index contributed by atoms with van der Waals surface area (Å²) in [6, 6.07) is 8.75. The average Bonchev–Trinajstić information content (AvgIpc) is 3.16. The number of benzene rings is 1. The number of nitrogens with one attached hydrogen (secondary N) is 1. The van der Waals surface area contributed by atoms with Crippen molar-refractivity contribution in [2.75, 3.05) is 5.32 Å². The first kappa shape index (κ1) is 14.6. The van der Waals surface area contributed by atoms with Crippen molar-refractivity contribution >= 4 is 34.5 Å². The van der Waals surface area contributed by atoms with Crippen LogP contribution in [0.1, 0.15) is 16.2 Å². The normalized spacial score (nSPS) is 10.6. The Hall–Kier alpha value is -2.38. The standard InChI is InChI=1S/C14H11ClN4O2S/c15-10-6-8(3-4-9(10)13(16)20)17-7-12-18-14(19-21-12)11-2-1-5-22-11/h1-6,17H,7H2,(H2,16,20). The number of anilines is 1. The Morgan fingerprint density at radius 3 is 2.95 bits per heavy atom. The number of amides is 1. The van der Waals surface area contributed by atoms with Crippen LogP contribution in [0.3, 0.4) is 0 Å². The molecule has 3 aromatic rings. The maximum atomic E-state index is 11.1. The summed E-state index contributed by atoms with van der Waals surface area (Å²) < 4.78 is 5.18. The molecule has 2 heterocycles. The molecule has 1 aromatic carbocycles. The number of hydrogen-bond acceptors (Lipinski definition) is 6. The van der Waals surface area contributed by atoms with Crippen molar-refractivity contribution < 1.29 is 9.32 Å². The molecule has 6 nitrogen and oxygen atoms in total. The molecule has 0 unspecified atom stereocenters. The van der Waals surface area contributed by atoms with Gasteiger partial charge in [0.1, 0.15) is 0 Å². The number of primary amides is 1. The van der Waals surface area contributed by atoms with Crippen molar-refractivity contribution in [3.63, 3.8) is 0 Å². The third-order valence-electron chi connectivity index (χ3n) is 2.89. The van der Waals surface area contributed by atoms with E-state index in [2.05, 4.69) is 15.5 Å². The van der Waals surface area contributed by atoms with Crippen LogP contribution >= 0.6 is 22.9 Å². The highest BCUT2D eigenvalue weighted by atomic mass is 35.5. The highest BCUT2D eigenvalue weighted by molar-refractivity contribution is 7.13. The van der Waals surface area contributed by atoms with Gasteiger partial charge >= 0.3 is 0 Å². The van der Waals surface area contributed by atoms with Crippen LogP contribution in [-0.4, -0.2) is 16.0 Å². The lowest BCUT2D eigenvalue weighted by molar-refractivity contribution is 0.100. The fourth-order valence-electron chi connectivity index (χ4n) is 1.84. The van der Waals surface area contributed by atoms with Crippen molar-refractivity contribution in [3.05, 3.63) is 52.2 Å². The second-order valence-corrected chi connectivity index (χ2v) is 5.76. The summed E-state index contributed by atoms with van der Waals surface area (Å²) in [6.45, 7) is 0.352. The molecule has 0 radical (unpaired) electrons. The van der Waals surface area contributed by atoms with E-state index in [4.69, 9.17) is 21.9 Å². The average molecular weight is 335 g/mol. The summed E-state index contributed by atoms with van der Waals surface area (Å²) >= 11 is 7.53. The number of carbonyl (C=O) groups excluding carboxylic acids is 1. The Labute approximate surface area is 134 Å². The van der Waals surface area contributed by atoms with Gasteiger partial charge in [-0.25, -0.2) is 0 Å². The van der Waals surface area contributed by atoms with Gasteiger partial charge in [0, 0.05) is 5.69 Å². The number of carbonyl (C=O) groups is 1. The van der Waals surface area contributed by atoms with E-state index < -0.39 is 5.91 Å². The Balaban J connectivity index is 1.68. The van der Waals surface area contributed by atoms with Gasteiger partial charge in [0.25, 0.3) is 0 Å². The summed E-state index contributed by atoms with van der Waals surface area (Å²) in [5.74, 6) is 0.460. The van der Waals surface area contributed by atoms with Crippen LogP contribution in [0.2, 0.25) is 5.02 Å². The molecule has 0 aliphatic rings. The lowest BCUT2D eigenvalue weighted by Gasteiger charge is -2.05. The van der Waals surface area contributed by atoms with Crippen LogP contribution in [0.25, 0.3) is 10.7 Å². The smallest absolute Gasteiger partial charge is 0.250 e. The molecule has 0 saturated carbocycles. The van der Waals surface area contributed by atoms with E-state index in [1.165, 1.54) is 0 Å². The molecular formula is C14H11ClN4O2S. The highest BCUT2D eigenvalue weighted by Crippen LogP contribution is 2.23. The minimum atomic E-state index is -0.561. The van der Waals surface area contributed by atoms with Gasteiger partial charge in [-0.1, -0.05) is 22.8 Å². The number of nitrogens with zero attached hydrogens (tertiary/aromatic N) is 2. The molecule has 2 aromatic heterocycles. The second kappa shape index (κ2) is 6.17. The number of nitrogens with two attached hydrogens (primary N) is 1. The number of halogens is 1. The molecule has 22 heavy (non-hydrogen) atoms. The summed E-state index contributed by atoms with van der Waals surface area (Å²) in [7, 11) is 0. The first-order valence-electron chi connectivity index (χ1n) is 6.33. The maximum absolute atomic E-state index is 11.1. The molecule has 3 N–H and O–H groups in total. The van der Waals surface area contributed by atoms with E-state index in [-0.39, 0.29) is 5.56 Å². The molecule has 0 aliphatic heterocycles. The van der Waals surface area contributed by atoms with Crippen LogP contribution in [0.15, 0.2) is 40.2 Å². The summed E-state index contributed by atoms with van der Waals surface area (Å²) in [5.41, 5.74) is 6.21. The van der Waals surface area contributed by atoms with Crippen LogP contribution in [-0.2, 0) is 6.54 Å². The Morgan fingerprint density at radius 2 is 2.27 bits per heavy atom. The third kappa shape index (κ3) is 3.10. The van der Waals surface area contributed by atoms with Crippen molar-refractivity contribution in [2.45, 2.75) is 6.54 Å². The molecule has 8 heteroatoms. The van der Waals surface area contributed by atoms with E-state index >= 15 is 0 Å². The van der Waals surface area contributed by atoms with Gasteiger partial charge in [-0.05, 0) is 29.6 Å². The molecular weight excluding hydrogens is 324 g/mol. The largest absolute Gasteiger partial charge is 0.376 e. The SMILES string of the molecule is NC(=O)c1ccc(NCc2nc(-c3cccs3)no2)cc1Cl. The molecule has 3 rings (SSSR count). The zero-order valence-corrected chi connectivity index (χ0v) is 12.8. The lowest BCUT2D eigenvalue weighted by atomic mass is 10.2. The highest BCUT2D eigenvalue weighted by Gasteiger charge is 2.10. The Morgan fingerprint density at radius 1 is 1.41 bits per heavy atom. The van der Waals surface area contributed by atoms with Gasteiger partial charge in [0.05, 0.1) is 22.0 Å². The van der Waals surface area contributed by atoms with E-state index in [9.17, 15) is 4.79 Å². The summed E-state index contributed by atoms with van der Waals surface area (Å²) in [4.78, 5) is 16.4. The second-order valence-electron chi connectivity index (χ2n) is 4.40. The van der Waals surface area contributed by atoms with Crippen molar-refractivity contribution in [2.24, 2.45) is 5.73 Å². The first-order valence-corrected chi connectivity index (χ1v) is 7.59. The lowest BCUT2D eigenvalue weighted by Crippen LogP contribution is -2.11. The molecule has 0 fully saturated rings. The van der Waals surface area contributed by atoms with E-state index in [0.29, 0.717) is 23.3 Å². The zero-order chi connectivity index (χ0) is 15.5. The number of rotatable bonds is 5. The molecule has 0 spiro atoms. The van der Waals surface area contributed by atoms with Crippen LogP contribution in [0.4, 0.5) is 5.69 Å². The molecule has 0 aliphatic carbocycles. The van der Waals surface area contributed by atoms with Crippen molar-refractivity contribution in [3.8, 4) is 10.7 Å². The van der Waals surface area contributed by atoms with Crippen LogP contribution in [0.5, 0.6) is 0 Å². The summed E-state index contributed by atoms with van der Waals surface area (Å²) in [6.07, 6.45) is 0. The topological polar surface area (TPSA) is 94.0 Å². The van der Waals surface area contributed by atoms with Gasteiger partial charge in [-0.15, -0.1) is 11.3 Å². The minimum absolute atomic E-state index is 0.282. The molecule has 0 atom stereocenters. The predicted molar refractivity (Wildman–Crippen MR) is 84.9 cm³/mol. The minimum Gasteiger partial charge on any atom is -0.376 e. The van der Waals surface area contributed by atoms with Gasteiger partial charge in [-0.3, -0.25) is 4.79 Å². The summed E-state index contributed by atoms with van der Waals surface area (Å²) in [5, 5.41) is 9.26. The molecule has 112 valence electrons. The van der Waals surface area contributed by atoms with Crippen molar-refractivity contribution in [1.82, 2.24) is 10.1 Å². The monoisotopic (exact) mass is 334 g/mol. The molecule has 0 saturated heterocycles. The molecule has 0 bridgehead atoms.